The number of nitrogens with two attached hydrogens (primary N) is 1. The van der Waals surface area contributed by atoms with Gasteiger partial charge in [0.15, 0.2) is 0 Å². The number of nitriles is 1. The fourth-order valence-corrected chi connectivity index (χ4v) is 1.61. The monoisotopic (exact) mass is 254 g/mol. The summed E-state index contributed by atoms with van der Waals surface area (Å²) >= 11 is 0. The Morgan fingerprint density at radius 1 is 1.26 bits per heavy atom. The zero-order valence-corrected chi connectivity index (χ0v) is 10.5. The van der Waals surface area contributed by atoms with Crippen molar-refractivity contribution in [3.05, 3.63) is 47.2 Å². The minimum atomic E-state index is 0.377. The van der Waals surface area contributed by atoms with Crippen LogP contribution < -0.4 is 16.6 Å². The average Bonchev–Trinajstić information content (AvgIpc) is 2.45. The maximum atomic E-state index is 8.72. The second-order valence-electron chi connectivity index (χ2n) is 4.02. The molecule has 0 saturated heterocycles. The zero-order chi connectivity index (χ0) is 13.7. The van der Waals surface area contributed by atoms with Gasteiger partial charge in [-0.3, -0.25) is 5.43 Å². The summed E-state index contributed by atoms with van der Waals surface area (Å²) < 4.78 is 0. The molecule has 2 rings (SSSR count). The molecule has 0 amide bonds. The number of benzene rings is 1. The fourth-order valence-electron chi connectivity index (χ4n) is 1.61. The van der Waals surface area contributed by atoms with Crippen LogP contribution in [-0.2, 0) is 6.54 Å². The van der Waals surface area contributed by atoms with Crippen LogP contribution >= 0.6 is 0 Å². The molecule has 0 spiro atoms. The molecule has 0 aliphatic rings. The molecule has 6 nitrogen and oxygen atoms in total. The number of aryl methyl sites for hydroxylation is 1. The quantitative estimate of drug-likeness (QED) is 0.565. The number of nitrogen functional groups attached to an aromatic ring is 1. The van der Waals surface area contributed by atoms with Crippen LogP contribution in [0.3, 0.4) is 0 Å². The number of nitrogens with one attached hydrogen (secondary N) is 2. The molecule has 0 aliphatic heterocycles. The van der Waals surface area contributed by atoms with Crippen molar-refractivity contribution in [3.63, 3.8) is 0 Å². The van der Waals surface area contributed by atoms with Gasteiger partial charge >= 0.3 is 0 Å². The van der Waals surface area contributed by atoms with Crippen LogP contribution in [0.15, 0.2) is 30.3 Å². The van der Waals surface area contributed by atoms with Gasteiger partial charge in [0.2, 0.25) is 5.95 Å². The zero-order valence-electron chi connectivity index (χ0n) is 10.5. The van der Waals surface area contributed by atoms with E-state index < -0.39 is 0 Å². The average molecular weight is 254 g/mol. The number of hydrogen-bond donors (Lipinski definition) is 3. The molecule has 0 unspecified atom stereocenters. The highest BCUT2D eigenvalue weighted by Crippen LogP contribution is 2.11. The van der Waals surface area contributed by atoms with Gasteiger partial charge in [0.1, 0.15) is 5.82 Å². The second-order valence-corrected chi connectivity index (χ2v) is 4.02. The predicted octanol–water partition coefficient (Wildman–Crippen LogP) is 1.55. The number of anilines is 2. The van der Waals surface area contributed by atoms with Crippen LogP contribution in [0.5, 0.6) is 0 Å². The third-order valence-corrected chi connectivity index (χ3v) is 2.54. The Balaban J connectivity index is 2.05. The van der Waals surface area contributed by atoms with Gasteiger partial charge in [-0.1, -0.05) is 12.1 Å². The molecule has 6 heteroatoms. The molecule has 0 saturated carbocycles. The van der Waals surface area contributed by atoms with Crippen molar-refractivity contribution in [2.45, 2.75) is 13.5 Å². The summed E-state index contributed by atoms with van der Waals surface area (Å²) in [4.78, 5) is 8.30. The van der Waals surface area contributed by atoms with Gasteiger partial charge in [-0.15, -0.1) is 0 Å². The number of hydrazine groups is 1. The highest BCUT2D eigenvalue weighted by molar-refractivity contribution is 5.42. The third-order valence-electron chi connectivity index (χ3n) is 2.54. The molecule has 0 bridgehead atoms. The molecule has 1 aromatic heterocycles. The summed E-state index contributed by atoms with van der Waals surface area (Å²) in [5.74, 6) is 6.37. The van der Waals surface area contributed by atoms with E-state index in [9.17, 15) is 0 Å². The minimum Gasteiger partial charge on any atom is -0.366 e. The van der Waals surface area contributed by atoms with Gasteiger partial charge < -0.3 is 5.32 Å². The largest absolute Gasteiger partial charge is 0.366 e. The summed E-state index contributed by atoms with van der Waals surface area (Å²) in [6.45, 7) is 2.49. The molecule has 0 fully saturated rings. The van der Waals surface area contributed by atoms with Gasteiger partial charge in [0.25, 0.3) is 0 Å². The number of nitrogens with zero attached hydrogens (tertiary/aromatic N) is 3. The Hall–Kier alpha value is -2.65. The smallest absolute Gasteiger partial charge is 0.239 e. The first-order valence-corrected chi connectivity index (χ1v) is 5.76. The van der Waals surface area contributed by atoms with Crippen LogP contribution in [0.4, 0.5) is 11.8 Å². The van der Waals surface area contributed by atoms with Gasteiger partial charge in [0.05, 0.1) is 11.6 Å². The van der Waals surface area contributed by atoms with E-state index in [1.165, 1.54) is 0 Å². The van der Waals surface area contributed by atoms with Crippen LogP contribution in [0.1, 0.15) is 16.8 Å². The van der Waals surface area contributed by atoms with Gasteiger partial charge in [-0.05, 0) is 24.6 Å². The predicted molar refractivity (Wildman–Crippen MR) is 73.1 cm³/mol. The minimum absolute atomic E-state index is 0.377. The molecule has 0 radical (unpaired) electrons. The van der Waals surface area contributed by atoms with E-state index in [-0.39, 0.29) is 0 Å². The summed E-state index contributed by atoms with van der Waals surface area (Å²) in [6, 6.07) is 11.3. The van der Waals surface area contributed by atoms with Crippen molar-refractivity contribution in [2.75, 3.05) is 10.7 Å². The van der Waals surface area contributed by atoms with E-state index >= 15 is 0 Å². The van der Waals surface area contributed by atoms with Gasteiger partial charge in [-0.2, -0.15) is 10.2 Å². The Kier molecular flexibility index (Phi) is 3.90. The lowest BCUT2D eigenvalue weighted by Gasteiger charge is -2.08. The first kappa shape index (κ1) is 12.8. The van der Waals surface area contributed by atoms with Gasteiger partial charge in [0, 0.05) is 18.3 Å². The van der Waals surface area contributed by atoms with Crippen LogP contribution in [0, 0.1) is 18.3 Å². The maximum absolute atomic E-state index is 8.72. The van der Waals surface area contributed by atoms with E-state index in [0.29, 0.717) is 23.9 Å². The number of aromatic nitrogens is 2. The van der Waals surface area contributed by atoms with Crippen molar-refractivity contribution in [1.82, 2.24) is 9.97 Å². The lowest BCUT2D eigenvalue weighted by Crippen LogP contribution is -2.12. The molecule has 4 N–H and O–H groups in total. The Bertz CT molecular complexity index is 600. The third kappa shape index (κ3) is 3.40. The van der Waals surface area contributed by atoms with E-state index in [4.69, 9.17) is 11.1 Å². The van der Waals surface area contributed by atoms with Crippen molar-refractivity contribution in [1.29, 1.82) is 5.26 Å². The van der Waals surface area contributed by atoms with Crippen LogP contribution in [0.2, 0.25) is 0 Å². The van der Waals surface area contributed by atoms with E-state index in [2.05, 4.69) is 26.8 Å². The molecule has 0 atom stereocenters. The Morgan fingerprint density at radius 2 is 2.00 bits per heavy atom. The summed E-state index contributed by atoms with van der Waals surface area (Å²) in [7, 11) is 0. The lowest BCUT2D eigenvalue weighted by molar-refractivity contribution is 1.04. The van der Waals surface area contributed by atoms with Crippen molar-refractivity contribution < 1.29 is 0 Å². The van der Waals surface area contributed by atoms with Crippen molar-refractivity contribution in [2.24, 2.45) is 5.84 Å². The highest BCUT2D eigenvalue weighted by atomic mass is 15.3. The second kappa shape index (κ2) is 5.80. The summed E-state index contributed by atoms with van der Waals surface area (Å²) in [6.07, 6.45) is 0. The van der Waals surface area contributed by atoms with E-state index in [1.54, 1.807) is 12.1 Å². The molecule has 19 heavy (non-hydrogen) atoms. The molecule has 1 aromatic carbocycles. The standard InChI is InChI=1S/C13H14N6/c1-9-6-12(18-13(17-9)19-15)16-8-11-4-2-10(7-14)3-5-11/h2-6H,8,15H2,1H3,(H2,16,17,18,19). The summed E-state index contributed by atoms with van der Waals surface area (Å²) in [5, 5.41) is 11.9. The van der Waals surface area contributed by atoms with Gasteiger partial charge in [-0.25, -0.2) is 10.8 Å². The number of hydrogen-bond acceptors (Lipinski definition) is 6. The molecule has 96 valence electrons. The normalized spacial score (nSPS) is 9.74. The molecular formula is C13H14N6. The maximum Gasteiger partial charge on any atom is 0.239 e. The molecular weight excluding hydrogens is 240 g/mol. The molecule has 1 heterocycles. The molecule has 0 aliphatic carbocycles. The van der Waals surface area contributed by atoms with E-state index in [1.807, 2.05) is 25.1 Å². The van der Waals surface area contributed by atoms with Crippen molar-refractivity contribution in [3.8, 4) is 6.07 Å². The fraction of sp³-hybridized carbons (Fsp3) is 0.154. The van der Waals surface area contributed by atoms with Crippen LogP contribution in [-0.4, -0.2) is 9.97 Å². The highest BCUT2D eigenvalue weighted by Gasteiger charge is 2.01. The first-order valence-electron chi connectivity index (χ1n) is 5.76. The Labute approximate surface area is 111 Å². The SMILES string of the molecule is Cc1cc(NCc2ccc(C#N)cc2)nc(NN)n1. The Morgan fingerprint density at radius 3 is 2.63 bits per heavy atom. The molecule has 2 aromatic rings. The summed E-state index contributed by atoms with van der Waals surface area (Å²) in [5.41, 5.74) is 4.96. The topological polar surface area (TPSA) is 99.7 Å². The lowest BCUT2D eigenvalue weighted by atomic mass is 10.1. The number of rotatable bonds is 4. The first-order chi connectivity index (χ1) is 9.21. The van der Waals surface area contributed by atoms with E-state index in [0.717, 1.165) is 11.3 Å². The van der Waals surface area contributed by atoms with Crippen LogP contribution in [0.25, 0.3) is 0 Å². The van der Waals surface area contributed by atoms with Crippen molar-refractivity contribution >= 4 is 11.8 Å².